The van der Waals surface area contributed by atoms with Gasteiger partial charge in [-0.25, -0.2) is 13.2 Å². The van der Waals surface area contributed by atoms with Crippen LogP contribution in [-0.4, -0.2) is 47.9 Å². The first-order valence-electron chi connectivity index (χ1n) is 6.00. The molecule has 0 amide bonds. The summed E-state index contributed by atoms with van der Waals surface area (Å²) >= 11 is 5.87. The van der Waals surface area contributed by atoms with Gasteiger partial charge in [0.25, 0.3) is 0 Å². The van der Waals surface area contributed by atoms with Crippen LogP contribution in [0.1, 0.15) is 23.0 Å². The van der Waals surface area contributed by atoms with Gasteiger partial charge in [-0.1, -0.05) is 6.92 Å². The molecule has 0 aromatic carbocycles. The molecule has 0 radical (unpaired) electrons. The number of rotatable bonds is 4. The van der Waals surface area contributed by atoms with Gasteiger partial charge in [0.05, 0.1) is 3.79 Å². The Balaban J connectivity index is 2.32. The third kappa shape index (κ3) is 3.22. The predicted molar refractivity (Wildman–Crippen MR) is 84.3 cm³/mol. The summed E-state index contributed by atoms with van der Waals surface area (Å²) in [5.41, 5.74) is 0. The van der Waals surface area contributed by atoms with Crippen LogP contribution < -0.4 is 0 Å². The van der Waals surface area contributed by atoms with Crippen LogP contribution >= 0.6 is 39.0 Å². The minimum absolute atomic E-state index is 0.0221. The number of hydrogen-bond acceptors (Lipinski definition) is 5. The van der Waals surface area contributed by atoms with Gasteiger partial charge in [-0.2, -0.15) is 16.1 Å². The summed E-state index contributed by atoms with van der Waals surface area (Å²) in [6, 6.07) is 1.23. The number of halogens is 1. The van der Waals surface area contributed by atoms with E-state index in [0.29, 0.717) is 22.1 Å². The van der Waals surface area contributed by atoms with E-state index in [2.05, 4.69) is 15.9 Å². The summed E-state index contributed by atoms with van der Waals surface area (Å²) in [6.07, 6.45) is 0.919. The van der Waals surface area contributed by atoms with Crippen molar-refractivity contribution in [1.82, 2.24) is 4.31 Å². The Morgan fingerprint density at radius 3 is 2.85 bits per heavy atom. The average Bonchev–Trinajstić information content (AvgIpc) is 2.82. The van der Waals surface area contributed by atoms with Crippen LogP contribution in [0, 0.1) is 0 Å². The highest BCUT2D eigenvalue weighted by atomic mass is 79.9. The lowest BCUT2D eigenvalue weighted by molar-refractivity contribution is 0.0702. The molecule has 9 heteroatoms. The van der Waals surface area contributed by atoms with E-state index in [1.807, 2.05) is 6.92 Å². The van der Waals surface area contributed by atoms with Crippen molar-refractivity contribution in [3.05, 3.63) is 14.7 Å². The van der Waals surface area contributed by atoms with Crippen molar-refractivity contribution in [2.45, 2.75) is 23.5 Å². The van der Waals surface area contributed by atoms with Gasteiger partial charge < -0.3 is 5.11 Å². The van der Waals surface area contributed by atoms with Crippen LogP contribution in [0.4, 0.5) is 0 Å². The van der Waals surface area contributed by atoms with Gasteiger partial charge >= 0.3 is 5.97 Å². The Labute approximate surface area is 134 Å². The zero-order chi connectivity index (χ0) is 14.9. The normalized spacial score (nSPS) is 21.0. The number of hydrogen-bond donors (Lipinski definition) is 1. The van der Waals surface area contributed by atoms with Crippen molar-refractivity contribution >= 4 is 55.0 Å². The SMILES string of the molecule is CCC1CN(S(=O)(=O)c2cc(C(=O)O)sc2Br)CCS1. The van der Waals surface area contributed by atoms with Crippen LogP contribution in [0.2, 0.25) is 0 Å². The molecule has 1 aliphatic heterocycles. The summed E-state index contributed by atoms with van der Waals surface area (Å²) in [5, 5.41) is 9.26. The van der Waals surface area contributed by atoms with Gasteiger partial charge in [0.1, 0.15) is 9.77 Å². The van der Waals surface area contributed by atoms with Crippen LogP contribution in [0.5, 0.6) is 0 Å². The molecule has 1 aromatic rings. The second-order valence-corrected chi connectivity index (χ2v) is 10.0. The van der Waals surface area contributed by atoms with Gasteiger partial charge in [0.2, 0.25) is 10.0 Å². The van der Waals surface area contributed by atoms with Gasteiger partial charge in [0, 0.05) is 24.1 Å². The zero-order valence-corrected chi connectivity index (χ0v) is 14.7. The number of aromatic carboxylic acids is 1. The Hall–Kier alpha value is -0.0900. The maximum absolute atomic E-state index is 12.6. The van der Waals surface area contributed by atoms with Gasteiger partial charge in [-0.05, 0) is 28.4 Å². The highest BCUT2D eigenvalue weighted by Crippen LogP contribution is 2.35. The molecule has 1 fully saturated rings. The maximum Gasteiger partial charge on any atom is 0.345 e. The molecule has 2 rings (SSSR count). The molecular weight excluding hydrogens is 386 g/mol. The van der Waals surface area contributed by atoms with E-state index in [0.717, 1.165) is 23.5 Å². The first kappa shape index (κ1) is 16.3. The molecule has 0 aliphatic carbocycles. The lowest BCUT2D eigenvalue weighted by atomic mass is 10.3. The van der Waals surface area contributed by atoms with Crippen LogP contribution in [0.25, 0.3) is 0 Å². The predicted octanol–water partition coefficient (Wildman–Crippen LogP) is 2.72. The Bertz CT molecular complexity index is 613. The molecule has 0 spiro atoms. The highest BCUT2D eigenvalue weighted by molar-refractivity contribution is 9.11. The molecule has 1 aromatic heterocycles. The van der Waals surface area contributed by atoms with Crippen molar-refractivity contribution in [2.75, 3.05) is 18.8 Å². The standard InChI is InChI=1S/C11H14BrNO4S3/c1-2-7-6-13(3-4-18-7)20(16,17)9-5-8(11(14)15)19-10(9)12/h5,7H,2-4,6H2,1H3,(H,14,15). The minimum Gasteiger partial charge on any atom is -0.477 e. The fourth-order valence-electron chi connectivity index (χ4n) is 1.93. The number of thioether (sulfide) groups is 1. The molecule has 1 saturated heterocycles. The summed E-state index contributed by atoms with van der Waals surface area (Å²) in [6.45, 7) is 2.99. The van der Waals surface area contributed by atoms with Crippen molar-refractivity contribution in [1.29, 1.82) is 0 Å². The van der Waals surface area contributed by atoms with Crippen molar-refractivity contribution in [3.8, 4) is 0 Å². The minimum atomic E-state index is -3.63. The van der Waals surface area contributed by atoms with Crippen molar-refractivity contribution in [3.63, 3.8) is 0 Å². The molecule has 20 heavy (non-hydrogen) atoms. The van der Waals surface area contributed by atoms with Crippen molar-refractivity contribution < 1.29 is 18.3 Å². The van der Waals surface area contributed by atoms with E-state index in [4.69, 9.17) is 5.11 Å². The topological polar surface area (TPSA) is 74.7 Å². The first-order valence-corrected chi connectivity index (χ1v) is 10.1. The summed E-state index contributed by atoms with van der Waals surface area (Å²) in [7, 11) is -3.63. The molecule has 0 bridgehead atoms. The molecule has 1 atom stereocenters. The van der Waals surface area contributed by atoms with Crippen LogP contribution in [0.15, 0.2) is 14.7 Å². The molecule has 112 valence electrons. The second kappa shape index (κ2) is 6.35. The monoisotopic (exact) mass is 399 g/mol. The third-order valence-corrected chi connectivity index (χ3v) is 8.52. The number of sulfonamides is 1. The van der Waals surface area contributed by atoms with E-state index < -0.39 is 16.0 Å². The fraction of sp³-hybridized carbons (Fsp3) is 0.545. The average molecular weight is 400 g/mol. The lowest BCUT2D eigenvalue weighted by Crippen LogP contribution is -2.41. The van der Waals surface area contributed by atoms with E-state index in [9.17, 15) is 13.2 Å². The van der Waals surface area contributed by atoms with Crippen LogP contribution in [0.3, 0.4) is 0 Å². The maximum atomic E-state index is 12.6. The third-order valence-electron chi connectivity index (χ3n) is 3.04. The van der Waals surface area contributed by atoms with E-state index in [-0.39, 0.29) is 9.77 Å². The molecule has 0 saturated carbocycles. The second-order valence-electron chi connectivity index (χ2n) is 4.32. The van der Waals surface area contributed by atoms with Gasteiger partial charge in [0.15, 0.2) is 0 Å². The number of carboxylic acids is 1. The number of nitrogens with zero attached hydrogens (tertiary/aromatic N) is 1. The number of carbonyl (C=O) groups is 1. The summed E-state index contributed by atoms with van der Waals surface area (Å²) in [5.74, 6) is -0.344. The molecule has 1 unspecified atom stereocenters. The number of thiophene rings is 1. The Kier molecular flexibility index (Phi) is 5.17. The molecular formula is C11H14BrNO4S3. The molecule has 5 nitrogen and oxygen atoms in total. The van der Waals surface area contributed by atoms with E-state index in [1.165, 1.54) is 10.4 Å². The quantitative estimate of drug-likeness (QED) is 0.841. The Morgan fingerprint density at radius 1 is 1.60 bits per heavy atom. The van der Waals surface area contributed by atoms with Crippen LogP contribution in [-0.2, 0) is 10.0 Å². The smallest absolute Gasteiger partial charge is 0.345 e. The lowest BCUT2D eigenvalue weighted by Gasteiger charge is -2.30. The highest BCUT2D eigenvalue weighted by Gasteiger charge is 2.33. The molecule has 2 heterocycles. The molecule has 1 aliphatic rings. The molecule has 1 N–H and O–H groups in total. The zero-order valence-electron chi connectivity index (χ0n) is 10.7. The Morgan fingerprint density at radius 2 is 2.30 bits per heavy atom. The summed E-state index contributed by atoms with van der Waals surface area (Å²) < 4.78 is 27.0. The summed E-state index contributed by atoms with van der Waals surface area (Å²) in [4.78, 5) is 11.0. The largest absolute Gasteiger partial charge is 0.477 e. The van der Waals surface area contributed by atoms with Gasteiger partial charge in [-0.15, -0.1) is 11.3 Å². The fourth-order valence-corrected chi connectivity index (χ4v) is 7.16. The number of carboxylic acid groups (broad SMARTS) is 1. The van der Waals surface area contributed by atoms with Crippen molar-refractivity contribution in [2.24, 2.45) is 0 Å². The van der Waals surface area contributed by atoms with E-state index in [1.54, 1.807) is 11.8 Å². The van der Waals surface area contributed by atoms with Gasteiger partial charge in [-0.3, -0.25) is 0 Å². The first-order chi connectivity index (χ1) is 9.36. The van der Waals surface area contributed by atoms with E-state index >= 15 is 0 Å².